The fourth-order valence-corrected chi connectivity index (χ4v) is 2.62. The number of halogens is 2. The van der Waals surface area contributed by atoms with Gasteiger partial charge in [-0.15, -0.1) is 11.6 Å². The molecular formula is C19H20BrClN2O4. The van der Waals surface area contributed by atoms with E-state index in [9.17, 15) is 9.59 Å². The summed E-state index contributed by atoms with van der Waals surface area (Å²) in [6.45, 7) is 4.42. The van der Waals surface area contributed by atoms with Gasteiger partial charge >= 0.3 is 0 Å². The quantitative estimate of drug-likeness (QED) is 0.567. The predicted octanol–water partition coefficient (Wildman–Crippen LogP) is 4.68. The summed E-state index contributed by atoms with van der Waals surface area (Å²) in [6, 6.07) is 10.2. The summed E-state index contributed by atoms with van der Waals surface area (Å²) in [7, 11) is 0. The van der Waals surface area contributed by atoms with Crippen molar-refractivity contribution in [1.29, 1.82) is 0 Å². The monoisotopic (exact) mass is 454 g/mol. The molecule has 0 heterocycles. The van der Waals surface area contributed by atoms with E-state index >= 15 is 0 Å². The largest absolute Gasteiger partial charge is 0.492 e. The van der Waals surface area contributed by atoms with E-state index in [0.29, 0.717) is 41.7 Å². The second-order valence-corrected chi connectivity index (χ2v) is 6.54. The van der Waals surface area contributed by atoms with Gasteiger partial charge in [-0.1, -0.05) is 15.9 Å². The van der Waals surface area contributed by atoms with Crippen molar-refractivity contribution in [2.24, 2.45) is 0 Å². The summed E-state index contributed by atoms with van der Waals surface area (Å²) >= 11 is 8.91. The van der Waals surface area contributed by atoms with E-state index in [2.05, 4.69) is 26.6 Å². The Morgan fingerprint density at radius 1 is 0.963 bits per heavy atom. The number of amides is 2. The number of benzene rings is 2. The molecule has 0 aliphatic rings. The molecule has 0 radical (unpaired) electrons. The van der Waals surface area contributed by atoms with Crippen LogP contribution in [0.5, 0.6) is 11.5 Å². The Bertz CT molecular complexity index is 812. The van der Waals surface area contributed by atoms with Gasteiger partial charge in [-0.2, -0.15) is 0 Å². The van der Waals surface area contributed by atoms with Crippen LogP contribution in [0.2, 0.25) is 0 Å². The van der Waals surface area contributed by atoms with Crippen molar-refractivity contribution < 1.29 is 19.1 Å². The van der Waals surface area contributed by atoms with E-state index in [1.807, 2.05) is 13.8 Å². The first-order valence-electron chi connectivity index (χ1n) is 8.34. The second-order valence-electron chi connectivity index (χ2n) is 5.35. The summed E-state index contributed by atoms with van der Waals surface area (Å²) in [6.07, 6.45) is 0. The smallest absolute Gasteiger partial charge is 0.255 e. The van der Waals surface area contributed by atoms with E-state index in [1.165, 1.54) is 0 Å². The predicted molar refractivity (Wildman–Crippen MR) is 110 cm³/mol. The third-order valence-corrected chi connectivity index (χ3v) is 4.20. The Hall–Kier alpha value is -2.25. The zero-order chi connectivity index (χ0) is 19.8. The van der Waals surface area contributed by atoms with Crippen LogP contribution in [0.3, 0.4) is 0 Å². The molecule has 0 fully saturated rings. The van der Waals surface area contributed by atoms with Gasteiger partial charge in [-0.25, -0.2) is 0 Å². The highest BCUT2D eigenvalue weighted by Gasteiger charge is 2.16. The maximum absolute atomic E-state index is 12.6. The van der Waals surface area contributed by atoms with Crippen LogP contribution in [0.4, 0.5) is 11.4 Å². The van der Waals surface area contributed by atoms with Crippen LogP contribution in [0.1, 0.15) is 24.2 Å². The minimum Gasteiger partial charge on any atom is -0.492 e. The first-order chi connectivity index (χ1) is 13.0. The molecule has 2 rings (SSSR count). The van der Waals surface area contributed by atoms with Crippen LogP contribution in [-0.4, -0.2) is 30.9 Å². The minimum absolute atomic E-state index is 0.183. The lowest BCUT2D eigenvalue weighted by atomic mass is 10.2. The third kappa shape index (κ3) is 5.87. The maximum Gasteiger partial charge on any atom is 0.255 e. The van der Waals surface area contributed by atoms with Crippen LogP contribution < -0.4 is 20.1 Å². The lowest BCUT2D eigenvalue weighted by Crippen LogP contribution is -2.16. The normalized spacial score (nSPS) is 10.2. The number of hydrogen-bond donors (Lipinski definition) is 2. The van der Waals surface area contributed by atoms with Gasteiger partial charge in [-0.05, 0) is 38.1 Å². The number of carbonyl (C=O) groups excluding carboxylic acids is 2. The molecule has 2 N–H and O–H groups in total. The molecule has 144 valence electrons. The highest BCUT2D eigenvalue weighted by atomic mass is 79.9. The topological polar surface area (TPSA) is 76.7 Å². The molecule has 0 spiro atoms. The number of carbonyl (C=O) groups is 2. The zero-order valence-corrected chi connectivity index (χ0v) is 17.3. The van der Waals surface area contributed by atoms with Gasteiger partial charge in [0.05, 0.1) is 24.6 Å². The van der Waals surface area contributed by atoms with Crippen molar-refractivity contribution in [3.8, 4) is 11.5 Å². The summed E-state index contributed by atoms with van der Waals surface area (Å²) in [5.41, 5.74) is 1.36. The number of rotatable bonds is 8. The van der Waals surface area contributed by atoms with E-state index in [1.54, 1.807) is 36.4 Å². The molecule has 2 amide bonds. The molecule has 0 saturated carbocycles. The van der Waals surface area contributed by atoms with Crippen LogP contribution in [-0.2, 0) is 4.79 Å². The molecule has 0 aromatic heterocycles. The maximum atomic E-state index is 12.6. The highest BCUT2D eigenvalue weighted by molar-refractivity contribution is 9.10. The Morgan fingerprint density at radius 2 is 1.48 bits per heavy atom. The summed E-state index contributed by atoms with van der Waals surface area (Å²) in [4.78, 5) is 24.2. The fourth-order valence-electron chi connectivity index (χ4n) is 2.28. The molecule has 0 unspecified atom stereocenters. The SMILES string of the molecule is CCOc1cc(NC(=O)c2ccc(Br)cc2)c(OCC)cc1NC(=O)CCl. The van der Waals surface area contributed by atoms with E-state index in [-0.39, 0.29) is 17.7 Å². The molecule has 0 bridgehead atoms. The van der Waals surface area contributed by atoms with Crippen molar-refractivity contribution in [3.63, 3.8) is 0 Å². The Balaban J connectivity index is 2.37. The standard InChI is InChI=1S/C19H20BrClN2O4/c1-3-26-16-10-15(23-19(25)12-5-7-13(20)8-6-12)17(27-4-2)9-14(16)22-18(24)11-21/h5-10H,3-4,11H2,1-2H3,(H,22,24)(H,23,25). The molecule has 0 saturated heterocycles. The molecule has 2 aromatic carbocycles. The van der Waals surface area contributed by atoms with Crippen LogP contribution >= 0.6 is 27.5 Å². The van der Waals surface area contributed by atoms with Crippen molar-refractivity contribution in [2.45, 2.75) is 13.8 Å². The van der Waals surface area contributed by atoms with Gasteiger partial charge in [0.15, 0.2) is 0 Å². The molecular weight excluding hydrogens is 436 g/mol. The lowest BCUT2D eigenvalue weighted by molar-refractivity contribution is -0.113. The van der Waals surface area contributed by atoms with E-state index < -0.39 is 0 Å². The van der Waals surface area contributed by atoms with Gasteiger partial charge in [-0.3, -0.25) is 9.59 Å². The second kappa shape index (κ2) is 10.2. The Labute approximate surface area is 171 Å². The van der Waals surface area contributed by atoms with Crippen LogP contribution in [0.25, 0.3) is 0 Å². The number of ether oxygens (including phenoxy) is 2. The molecule has 27 heavy (non-hydrogen) atoms. The highest BCUT2D eigenvalue weighted by Crippen LogP contribution is 2.37. The average molecular weight is 456 g/mol. The van der Waals surface area contributed by atoms with Crippen molar-refractivity contribution in [2.75, 3.05) is 29.7 Å². The van der Waals surface area contributed by atoms with Gasteiger partial charge < -0.3 is 20.1 Å². The van der Waals surface area contributed by atoms with Crippen molar-refractivity contribution >= 4 is 50.7 Å². The first-order valence-corrected chi connectivity index (χ1v) is 9.67. The van der Waals surface area contributed by atoms with E-state index in [0.717, 1.165) is 4.47 Å². The van der Waals surface area contributed by atoms with Crippen molar-refractivity contribution in [1.82, 2.24) is 0 Å². The molecule has 0 aliphatic heterocycles. The number of alkyl halides is 1. The molecule has 2 aromatic rings. The van der Waals surface area contributed by atoms with Crippen LogP contribution in [0, 0.1) is 0 Å². The van der Waals surface area contributed by atoms with Gasteiger partial charge in [0.1, 0.15) is 17.4 Å². The molecule has 0 aliphatic carbocycles. The van der Waals surface area contributed by atoms with E-state index in [4.69, 9.17) is 21.1 Å². The Morgan fingerprint density at radius 3 is 1.96 bits per heavy atom. The number of anilines is 2. The summed E-state index contributed by atoms with van der Waals surface area (Å²) in [5.74, 6) is -0.0191. The average Bonchev–Trinajstić information content (AvgIpc) is 2.65. The molecule has 6 nitrogen and oxygen atoms in total. The minimum atomic E-state index is -0.369. The fraction of sp³-hybridized carbons (Fsp3) is 0.263. The molecule has 0 atom stereocenters. The van der Waals surface area contributed by atoms with Crippen LogP contribution in [0.15, 0.2) is 40.9 Å². The molecule has 8 heteroatoms. The number of nitrogens with one attached hydrogen (secondary N) is 2. The number of hydrogen-bond acceptors (Lipinski definition) is 4. The van der Waals surface area contributed by atoms with Crippen molar-refractivity contribution in [3.05, 3.63) is 46.4 Å². The van der Waals surface area contributed by atoms with Gasteiger partial charge in [0, 0.05) is 22.2 Å². The summed E-state index contributed by atoms with van der Waals surface area (Å²) in [5, 5.41) is 5.49. The first kappa shape index (κ1) is 21.1. The third-order valence-electron chi connectivity index (χ3n) is 3.43. The zero-order valence-electron chi connectivity index (χ0n) is 15.0. The summed E-state index contributed by atoms with van der Waals surface area (Å²) < 4.78 is 12.1. The Kier molecular flexibility index (Phi) is 7.94. The van der Waals surface area contributed by atoms with Gasteiger partial charge in [0.2, 0.25) is 5.91 Å². The van der Waals surface area contributed by atoms with Gasteiger partial charge in [0.25, 0.3) is 5.91 Å². The lowest BCUT2D eigenvalue weighted by Gasteiger charge is -2.17.